The number of carbonyl (C=O) groups excluding carboxylic acids is 2. The Kier molecular flexibility index (Phi) is 8.28. The average molecular weight is 350 g/mol. The topological polar surface area (TPSA) is 82.9 Å². The molecule has 134 valence electrons. The molecule has 6 nitrogen and oxygen atoms in total. The van der Waals surface area contributed by atoms with Crippen molar-refractivity contribution in [2.45, 2.75) is 25.7 Å². The first-order valence-corrected chi connectivity index (χ1v) is 8.47. The summed E-state index contributed by atoms with van der Waals surface area (Å²) in [5, 5.41) is 7.51. The molecule has 0 unspecified atom stereocenters. The summed E-state index contributed by atoms with van der Waals surface area (Å²) in [6.45, 7) is 0. The van der Waals surface area contributed by atoms with Crippen molar-refractivity contribution in [3.05, 3.63) is 71.8 Å². The number of rotatable bonds is 8. The third-order valence-electron chi connectivity index (χ3n) is 3.53. The number of hydrogen-bond acceptors (Lipinski definition) is 4. The van der Waals surface area contributed by atoms with Gasteiger partial charge in [0.25, 0.3) is 0 Å². The molecule has 2 N–H and O–H groups in total. The number of aryl methyl sites for hydroxylation is 2. The van der Waals surface area contributed by atoms with Gasteiger partial charge in [-0.1, -0.05) is 60.7 Å². The van der Waals surface area contributed by atoms with Gasteiger partial charge in [0.2, 0.25) is 0 Å². The number of amides is 2. The van der Waals surface area contributed by atoms with E-state index < -0.39 is 11.8 Å². The van der Waals surface area contributed by atoms with Gasteiger partial charge in [-0.3, -0.25) is 9.59 Å². The van der Waals surface area contributed by atoms with E-state index in [9.17, 15) is 9.59 Å². The van der Waals surface area contributed by atoms with Crippen LogP contribution in [0.2, 0.25) is 0 Å². The van der Waals surface area contributed by atoms with E-state index in [1.165, 1.54) is 11.1 Å². The van der Waals surface area contributed by atoms with Crippen molar-refractivity contribution in [3.8, 4) is 0 Å². The third-order valence-corrected chi connectivity index (χ3v) is 3.53. The number of benzene rings is 2. The van der Waals surface area contributed by atoms with Crippen LogP contribution >= 0.6 is 0 Å². The van der Waals surface area contributed by atoms with Crippen molar-refractivity contribution >= 4 is 24.2 Å². The van der Waals surface area contributed by atoms with Crippen molar-refractivity contribution in [3.63, 3.8) is 0 Å². The smallest absolute Gasteiger partial charge is 0.262 e. The van der Waals surface area contributed by atoms with Gasteiger partial charge in [-0.25, -0.2) is 10.9 Å². The number of nitrogens with one attached hydrogen (secondary N) is 2. The molecule has 2 aromatic rings. The molecule has 0 heterocycles. The molecule has 2 amide bonds. The zero-order valence-electron chi connectivity index (χ0n) is 14.5. The molecule has 2 rings (SSSR count). The van der Waals surface area contributed by atoms with Crippen LogP contribution in [0.3, 0.4) is 0 Å². The molecule has 0 aliphatic heterocycles. The molecule has 0 spiro atoms. The third kappa shape index (κ3) is 7.53. The molecule has 0 saturated heterocycles. The molecule has 0 saturated carbocycles. The maximum atomic E-state index is 11.6. The summed E-state index contributed by atoms with van der Waals surface area (Å²) in [7, 11) is 0. The quantitative estimate of drug-likeness (QED) is 0.435. The molecule has 0 bridgehead atoms. The van der Waals surface area contributed by atoms with Crippen LogP contribution in [0, 0.1) is 0 Å². The molecule has 0 radical (unpaired) electrons. The molecule has 6 heteroatoms. The highest BCUT2D eigenvalue weighted by molar-refractivity contribution is 6.35. The van der Waals surface area contributed by atoms with E-state index in [1.807, 2.05) is 60.7 Å². The Morgan fingerprint density at radius 1 is 0.692 bits per heavy atom. The fourth-order valence-corrected chi connectivity index (χ4v) is 2.19. The summed E-state index contributed by atoms with van der Waals surface area (Å²) in [6.07, 6.45) is 6.12. The molecular formula is C20H22N4O2. The minimum Gasteiger partial charge on any atom is -0.262 e. The van der Waals surface area contributed by atoms with Gasteiger partial charge < -0.3 is 0 Å². The first kappa shape index (κ1) is 19.1. The van der Waals surface area contributed by atoms with Crippen LogP contribution in [0.25, 0.3) is 0 Å². The maximum Gasteiger partial charge on any atom is 0.331 e. The van der Waals surface area contributed by atoms with E-state index in [2.05, 4.69) is 21.1 Å². The monoisotopic (exact) mass is 350 g/mol. The lowest BCUT2D eigenvalue weighted by molar-refractivity contribution is -0.139. The number of hydrogen-bond donors (Lipinski definition) is 2. The summed E-state index contributed by atoms with van der Waals surface area (Å²) in [4.78, 5) is 23.1. The lowest BCUT2D eigenvalue weighted by atomic mass is 10.1. The summed E-state index contributed by atoms with van der Waals surface area (Å²) < 4.78 is 0. The van der Waals surface area contributed by atoms with Crippen molar-refractivity contribution < 1.29 is 9.59 Å². The van der Waals surface area contributed by atoms with Gasteiger partial charge in [-0.2, -0.15) is 10.2 Å². The number of nitrogens with zero attached hydrogens (tertiary/aromatic N) is 2. The van der Waals surface area contributed by atoms with E-state index in [1.54, 1.807) is 12.4 Å². The molecule has 0 aliphatic rings. The summed E-state index contributed by atoms with van der Waals surface area (Å²) >= 11 is 0. The Balaban J connectivity index is 1.59. The van der Waals surface area contributed by atoms with E-state index in [4.69, 9.17) is 0 Å². The van der Waals surface area contributed by atoms with Crippen LogP contribution in [0.5, 0.6) is 0 Å². The van der Waals surface area contributed by atoms with Gasteiger partial charge in [0.05, 0.1) is 0 Å². The van der Waals surface area contributed by atoms with Crippen molar-refractivity contribution in [1.82, 2.24) is 10.9 Å². The zero-order valence-corrected chi connectivity index (χ0v) is 14.5. The Bertz CT molecular complexity index is 677. The summed E-state index contributed by atoms with van der Waals surface area (Å²) in [6, 6.07) is 19.9. The Morgan fingerprint density at radius 3 is 1.46 bits per heavy atom. The normalized spacial score (nSPS) is 10.9. The van der Waals surface area contributed by atoms with E-state index in [0.717, 1.165) is 12.8 Å². The molecule has 0 aliphatic carbocycles. The second kappa shape index (κ2) is 11.3. The van der Waals surface area contributed by atoms with Crippen LogP contribution in [-0.4, -0.2) is 24.2 Å². The van der Waals surface area contributed by atoms with Crippen LogP contribution < -0.4 is 10.9 Å². The predicted molar refractivity (Wildman–Crippen MR) is 103 cm³/mol. The lowest BCUT2D eigenvalue weighted by Crippen LogP contribution is -2.35. The molecule has 2 aromatic carbocycles. The molecule has 0 aromatic heterocycles. The Morgan fingerprint density at radius 2 is 1.08 bits per heavy atom. The number of hydrazone groups is 2. The van der Waals surface area contributed by atoms with Crippen molar-refractivity contribution in [2.24, 2.45) is 10.2 Å². The molecular weight excluding hydrogens is 328 g/mol. The fourth-order valence-electron chi connectivity index (χ4n) is 2.19. The fraction of sp³-hybridized carbons (Fsp3) is 0.200. The largest absolute Gasteiger partial charge is 0.331 e. The van der Waals surface area contributed by atoms with Crippen molar-refractivity contribution in [1.29, 1.82) is 0 Å². The van der Waals surface area contributed by atoms with Gasteiger partial charge in [-0.05, 0) is 36.8 Å². The standard InChI is InChI=1S/C20H22N4O2/c25-19(23-21-15-7-13-17-9-3-1-4-10-17)20(26)24-22-16-8-14-18-11-5-2-6-12-18/h1-6,9-12,15-16H,7-8,13-14H2,(H,23,25)(H,24,26). The second-order valence-corrected chi connectivity index (χ2v) is 5.55. The van der Waals surface area contributed by atoms with Gasteiger partial charge in [0, 0.05) is 12.4 Å². The Labute approximate surface area is 153 Å². The minimum absolute atomic E-state index is 0.670. The first-order chi connectivity index (χ1) is 12.8. The first-order valence-electron chi connectivity index (χ1n) is 8.47. The Hall–Kier alpha value is -3.28. The molecule has 0 fully saturated rings. The second-order valence-electron chi connectivity index (χ2n) is 5.55. The molecule has 26 heavy (non-hydrogen) atoms. The maximum absolute atomic E-state index is 11.6. The average Bonchev–Trinajstić information content (AvgIpc) is 2.68. The van der Waals surface area contributed by atoms with E-state index in [0.29, 0.717) is 12.8 Å². The highest BCUT2D eigenvalue weighted by atomic mass is 16.2. The lowest BCUT2D eigenvalue weighted by Gasteiger charge is -1.99. The van der Waals surface area contributed by atoms with Crippen LogP contribution in [-0.2, 0) is 22.4 Å². The van der Waals surface area contributed by atoms with Crippen LogP contribution in [0.1, 0.15) is 24.0 Å². The van der Waals surface area contributed by atoms with Crippen LogP contribution in [0.4, 0.5) is 0 Å². The van der Waals surface area contributed by atoms with E-state index in [-0.39, 0.29) is 0 Å². The SMILES string of the molecule is O=C(NN=CCCc1ccccc1)C(=O)NN=CCCc1ccccc1. The van der Waals surface area contributed by atoms with Gasteiger partial charge in [0.15, 0.2) is 0 Å². The highest BCUT2D eigenvalue weighted by Crippen LogP contribution is 2.01. The van der Waals surface area contributed by atoms with Gasteiger partial charge >= 0.3 is 11.8 Å². The predicted octanol–water partition coefficient (Wildman–Crippen LogP) is 2.46. The van der Waals surface area contributed by atoms with E-state index >= 15 is 0 Å². The highest BCUT2D eigenvalue weighted by Gasteiger charge is 2.10. The van der Waals surface area contributed by atoms with Gasteiger partial charge in [-0.15, -0.1) is 0 Å². The minimum atomic E-state index is -0.846. The van der Waals surface area contributed by atoms with Crippen molar-refractivity contribution in [2.75, 3.05) is 0 Å². The van der Waals surface area contributed by atoms with Gasteiger partial charge in [0.1, 0.15) is 0 Å². The summed E-state index contributed by atoms with van der Waals surface area (Å²) in [5.41, 5.74) is 6.74. The molecule has 0 atom stereocenters. The summed E-state index contributed by atoms with van der Waals surface area (Å²) in [5.74, 6) is -1.69. The zero-order chi connectivity index (χ0) is 18.5. The number of carbonyl (C=O) groups is 2. The van der Waals surface area contributed by atoms with Crippen LogP contribution in [0.15, 0.2) is 70.9 Å².